The minimum absolute atomic E-state index is 0.628. The largest absolute Gasteiger partial charge is 0.496 e. The zero-order valence-corrected chi connectivity index (χ0v) is 12.0. The van der Waals surface area contributed by atoms with Crippen LogP contribution in [0.25, 0.3) is 11.3 Å². The number of nitrogens with two attached hydrogens (primary N) is 1. The zero-order chi connectivity index (χ0) is 14.0. The smallest absolute Gasteiger partial charge is 0.128 e. The van der Waals surface area contributed by atoms with E-state index in [2.05, 4.69) is 31.1 Å². The number of methoxy groups -OCH3 is 1. The van der Waals surface area contributed by atoms with E-state index in [1.54, 1.807) is 7.11 Å². The molecule has 0 radical (unpaired) electrons. The predicted molar refractivity (Wildman–Crippen MR) is 77.4 cm³/mol. The van der Waals surface area contributed by atoms with Gasteiger partial charge in [-0.2, -0.15) is 5.10 Å². The van der Waals surface area contributed by atoms with Crippen molar-refractivity contribution in [3.8, 4) is 17.0 Å². The Kier molecular flexibility index (Phi) is 3.90. The van der Waals surface area contributed by atoms with E-state index in [0.29, 0.717) is 6.54 Å². The summed E-state index contributed by atoms with van der Waals surface area (Å²) in [6.07, 6.45) is 0.830. The van der Waals surface area contributed by atoms with Gasteiger partial charge in [0.05, 0.1) is 12.8 Å². The summed E-state index contributed by atoms with van der Waals surface area (Å²) in [7, 11) is 3.64. The molecule has 4 heteroatoms. The fourth-order valence-corrected chi connectivity index (χ4v) is 2.43. The van der Waals surface area contributed by atoms with Crippen LogP contribution in [-0.2, 0) is 13.5 Å². The average Bonchev–Trinajstić information content (AvgIpc) is 2.70. The Morgan fingerprint density at radius 1 is 1.26 bits per heavy atom. The van der Waals surface area contributed by atoms with Crippen LogP contribution >= 0.6 is 0 Å². The van der Waals surface area contributed by atoms with Crippen molar-refractivity contribution in [3.05, 3.63) is 35.0 Å². The number of nitrogens with zero attached hydrogens (tertiary/aromatic N) is 2. The van der Waals surface area contributed by atoms with Crippen LogP contribution in [0.4, 0.5) is 0 Å². The minimum atomic E-state index is 0.628. The maximum atomic E-state index is 5.62. The molecular formula is C15H21N3O. The molecule has 0 aliphatic carbocycles. The standard InChI is InChI=1S/C15H21N3O/c1-10-7-11(2)15(14(8-10)19-4)13-9-12(5-6-16)18(3)17-13/h7-9H,5-6,16H2,1-4H3. The van der Waals surface area contributed by atoms with Crippen LogP contribution in [-0.4, -0.2) is 23.4 Å². The first-order valence-electron chi connectivity index (χ1n) is 6.45. The van der Waals surface area contributed by atoms with Gasteiger partial charge in [-0.15, -0.1) is 0 Å². The lowest BCUT2D eigenvalue weighted by Crippen LogP contribution is -2.06. The molecule has 0 bridgehead atoms. The number of ether oxygens (including phenoxy) is 1. The van der Waals surface area contributed by atoms with E-state index in [1.807, 2.05) is 17.8 Å². The van der Waals surface area contributed by atoms with Crippen molar-refractivity contribution in [2.24, 2.45) is 12.8 Å². The third kappa shape index (κ3) is 2.63. The van der Waals surface area contributed by atoms with Gasteiger partial charge in [0.25, 0.3) is 0 Å². The fraction of sp³-hybridized carbons (Fsp3) is 0.400. The predicted octanol–water partition coefficient (Wildman–Crippen LogP) is 2.21. The van der Waals surface area contributed by atoms with Crippen molar-refractivity contribution in [1.29, 1.82) is 0 Å². The van der Waals surface area contributed by atoms with Crippen molar-refractivity contribution >= 4 is 0 Å². The van der Waals surface area contributed by atoms with Crippen molar-refractivity contribution in [2.75, 3.05) is 13.7 Å². The van der Waals surface area contributed by atoms with Gasteiger partial charge >= 0.3 is 0 Å². The van der Waals surface area contributed by atoms with Crippen LogP contribution in [0.5, 0.6) is 5.75 Å². The van der Waals surface area contributed by atoms with E-state index in [0.717, 1.165) is 29.1 Å². The maximum Gasteiger partial charge on any atom is 0.128 e. The maximum absolute atomic E-state index is 5.62. The molecule has 0 atom stereocenters. The highest BCUT2D eigenvalue weighted by Crippen LogP contribution is 2.33. The lowest BCUT2D eigenvalue weighted by Gasteiger charge is -2.10. The van der Waals surface area contributed by atoms with E-state index in [-0.39, 0.29) is 0 Å². The lowest BCUT2D eigenvalue weighted by molar-refractivity contribution is 0.415. The molecule has 1 aromatic heterocycles. The summed E-state index contributed by atoms with van der Waals surface area (Å²) in [5, 5.41) is 4.58. The summed E-state index contributed by atoms with van der Waals surface area (Å²) >= 11 is 0. The van der Waals surface area contributed by atoms with Crippen LogP contribution in [0.3, 0.4) is 0 Å². The Morgan fingerprint density at radius 2 is 2.00 bits per heavy atom. The number of aryl methyl sites for hydroxylation is 3. The average molecular weight is 259 g/mol. The number of hydrogen-bond donors (Lipinski definition) is 1. The van der Waals surface area contributed by atoms with Gasteiger partial charge in [-0.1, -0.05) is 6.07 Å². The number of benzene rings is 1. The second-order valence-corrected chi connectivity index (χ2v) is 4.84. The van der Waals surface area contributed by atoms with Gasteiger partial charge in [-0.3, -0.25) is 4.68 Å². The van der Waals surface area contributed by atoms with E-state index >= 15 is 0 Å². The van der Waals surface area contributed by atoms with Crippen molar-refractivity contribution in [2.45, 2.75) is 20.3 Å². The molecule has 0 amide bonds. The highest BCUT2D eigenvalue weighted by atomic mass is 16.5. The minimum Gasteiger partial charge on any atom is -0.496 e. The van der Waals surface area contributed by atoms with Gasteiger partial charge in [-0.25, -0.2) is 0 Å². The van der Waals surface area contributed by atoms with E-state index < -0.39 is 0 Å². The zero-order valence-electron chi connectivity index (χ0n) is 12.0. The molecule has 2 aromatic rings. The quantitative estimate of drug-likeness (QED) is 0.916. The van der Waals surface area contributed by atoms with Crippen LogP contribution in [0.1, 0.15) is 16.8 Å². The van der Waals surface area contributed by atoms with Crippen LogP contribution in [0.15, 0.2) is 18.2 Å². The van der Waals surface area contributed by atoms with E-state index in [4.69, 9.17) is 10.5 Å². The molecule has 19 heavy (non-hydrogen) atoms. The third-order valence-electron chi connectivity index (χ3n) is 3.30. The second kappa shape index (κ2) is 5.45. The Bertz CT molecular complexity index is 587. The summed E-state index contributed by atoms with van der Waals surface area (Å²) in [4.78, 5) is 0. The van der Waals surface area contributed by atoms with Crippen molar-refractivity contribution in [1.82, 2.24) is 9.78 Å². The van der Waals surface area contributed by atoms with Crippen LogP contribution < -0.4 is 10.5 Å². The van der Waals surface area contributed by atoms with Gasteiger partial charge in [0, 0.05) is 24.7 Å². The van der Waals surface area contributed by atoms with Gasteiger partial charge in [-0.05, 0) is 43.7 Å². The molecule has 4 nitrogen and oxygen atoms in total. The Balaban J connectivity index is 2.55. The van der Waals surface area contributed by atoms with Gasteiger partial charge in [0.2, 0.25) is 0 Å². The Morgan fingerprint density at radius 3 is 2.63 bits per heavy atom. The third-order valence-corrected chi connectivity index (χ3v) is 3.30. The Hall–Kier alpha value is -1.81. The van der Waals surface area contributed by atoms with E-state index in [9.17, 15) is 0 Å². The summed E-state index contributed by atoms with van der Waals surface area (Å²) in [5.74, 6) is 0.870. The Labute approximate surface area is 114 Å². The summed E-state index contributed by atoms with van der Waals surface area (Å²) in [6, 6.07) is 6.28. The second-order valence-electron chi connectivity index (χ2n) is 4.84. The highest BCUT2D eigenvalue weighted by molar-refractivity contribution is 5.72. The molecule has 1 aromatic carbocycles. The first-order chi connectivity index (χ1) is 9.06. The molecule has 0 spiro atoms. The molecule has 1 heterocycles. The molecule has 102 valence electrons. The summed E-state index contributed by atoms with van der Waals surface area (Å²) in [6.45, 7) is 4.78. The van der Waals surface area contributed by atoms with E-state index in [1.165, 1.54) is 11.1 Å². The van der Waals surface area contributed by atoms with Crippen LogP contribution in [0, 0.1) is 13.8 Å². The molecule has 0 fully saturated rings. The fourth-order valence-electron chi connectivity index (χ4n) is 2.43. The molecule has 0 aliphatic heterocycles. The summed E-state index contributed by atoms with van der Waals surface area (Å²) < 4.78 is 7.39. The monoisotopic (exact) mass is 259 g/mol. The van der Waals surface area contributed by atoms with Crippen molar-refractivity contribution in [3.63, 3.8) is 0 Å². The highest BCUT2D eigenvalue weighted by Gasteiger charge is 2.14. The first kappa shape index (κ1) is 13.6. The summed E-state index contributed by atoms with van der Waals surface area (Å²) in [5.41, 5.74) is 11.1. The molecule has 2 N–H and O–H groups in total. The molecule has 0 saturated heterocycles. The normalized spacial score (nSPS) is 10.8. The SMILES string of the molecule is COc1cc(C)cc(C)c1-c1cc(CCN)n(C)n1. The van der Waals surface area contributed by atoms with Gasteiger partial charge in [0.15, 0.2) is 0 Å². The topological polar surface area (TPSA) is 53.1 Å². The number of rotatable bonds is 4. The first-order valence-corrected chi connectivity index (χ1v) is 6.45. The van der Waals surface area contributed by atoms with Crippen molar-refractivity contribution < 1.29 is 4.74 Å². The molecule has 0 aliphatic rings. The van der Waals surface area contributed by atoms with Gasteiger partial charge in [0.1, 0.15) is 5.75 Å². The lowest BCUT2D eigenvalue weighted by atomic mass is 10.0. The molecule has 0 saturated carbocycles. The van der Waals surface area contributed by atoms with Gasteiger partial charge < -0.3 is 10.5 Å². The number of hydrogen-bond acceptors (Lipinski definition) is 3. The molecular weight excluding hydrogens is 238 g/mol. The number of aromatic nitrogens is 2. The molecule has 0 unspecified atom stereocenters. The van der Waals surface area contributed by atoms with Crippen LogP contribution in [0.2, 0.25) is 0 Å². The molecule has 2 rings (SSSR count).